The van der Waals surface area contributed by atoms with Gasteiger partial charge in [0.1, 0.15) is 5.78 Å². The quantitative estimate of drug-likeness (QED) is 0.750. The third kappa shape index (κ3) is 1.57. The van der Waals surface area contributed by atoms with E-state index in [1.165, 1.54) is 4.88 Å². The summed E-state index contributed by atoms with van der Waals surface area (Å²) in [5, 5.41) is 0.931. The fourth-order valence-electron chi connectivity index (χ4n) is 1.99. The Hall–Kier alpha value is -0.830. The Morgan fingerprint density at radius 1 is 1.50 bits per heavy atom. The minimum atomic E-state index is 0.0680. The number of carbonyl (C=O) groups is 1. The minimum Gasteiger partial charge on any atom is -0.487 e. The predicted octanol–water partition coefficient (Wildman–Crippen LogP) is 2.77. The van der Waals surface area contributed by atoms with Crippen LogP contribution in [0.2, 0.25) is 0 Å². The van der Waals surface area contributed by atoms with Crippen molar-refractivity contribution in [3.63, 3.8) is 0 Å². The number of hydrogen-bond acceptors (Lipinski definition) is 3. The topological polar surface area (TPSA) is 26.3 Å². The van der Waals surface area contributed by atoms with Crippen LogP contribution in [-0.2, 0) is 10.2 Å². The highest BCUT2D eigenvalue weighted by atomic mass is 32.1. The van der Waals surface area contributed by atoms with Crippen molar-refractivity contribution in [2.24, 2.45) is 0 Å². The molecule has 76 valence electrons. The molecule has 0 spiro atoms. The molecule has 1 saturated carbocycles. The molecule has 1 aromatic rings. The maximum atomic E-state index is 11.3. The van der Waals surface area contributed by atoms with Gasteiger partial charge in [0, 0.05) is 23.1 Å². The minimum absolute atomic E-state index is 0.0680. The van der Waals surface area contributed by atoms with Crippen LogP contribution in [0.3, 0.4) is 0 Å². The standard InChI is InChI=1S/C11H14O2S/c1-11(6-5-8(12)7-11)9-3-4-10(13-2)14-9/h3-4H,5-7H2,1-2H3. The van der Waals surface area contributed by atoms with Gasteiger partial charge in [-0.15, -0.1) is 11.3 Å². The first-order valence-electron chi connectivity index (χ1n) is 4.80. The molecule has 0 radical (unpaired) electrons. The Labute approximate surface area is 87.9 Å². The van der Waals surface area contributed by atoms with Crippen molar-refractivity contribution in [1.29, 1.82) is 0 Å². The molecule has 1 aromatic heterocycles. The summed E-state index contributed by atoms with van der Waals surface area (Å²) in [7, 11) is 1.68. The number of hydrogen-bond donors (Lipinski definition) is 0. The summed E-state index contributed by atoms with van der Waals surface area (Å²) >= 11 is 1.66. The Bertz CT molecular complexity index is 356. The van der Waals surface area contributed by atoms with Gasteiger partial charge in [0.05, 0.1) is 7.11 Å². The lowest BCUT2D eigenvalue weighted by Gasteiger charge is -2.20. The van der Waals surface area contributed by atoms with E-state index in [9.17, 15) is 4.79 Å². The number of ether oxygens (including phenoxy) is 1. The Morgan fingerprint density at radius 3 is 2.79 bits per heavy atom. The lowest BCUT2D eigenvalue weighted by Crippen LogP contribution is -2.15. The molecule has 0 bridgehead atoms. The van der Waals surface area contributed by atoms with E-state index in [0.29, 0.717) is 12.2 Å². The van der Waals surface area contributed by atoms with E-state index in [1.807, 2.05) is 6.07 Å². The van der Waals surface area contributed by atoms with Gasteiger partial charge in [-0.05, 0) is 18.6 Å². The predicted molar refractivity (Wildman–Crippen MR) is 57.1 cm³/mol. The molecular weight excluding hydrogens is 196 g/mol. The fraction of sp³-hybridized carbons (Fsp3) is 0.545. The largest absolute Gasteiger partial charge is 0.487 e. The molecule has 2 rings (SSSR count). The molecule has 1 heterocycles. The van der Waals surface area contributed by atoms with Crippen LogP contribution in [0.1, 0.15) is 31.1 Å². The smallest absolute Gasteiger partial charge is 0.173 e. The van der Waals surface area contributed by atoms with Crippen molar-refractivity contribution in [1.82, 2.24) is 0 Å². The second kappa shape index (κ2) is 3.39. The number of methoxy groups -OCH3 is 1. The van der Waals surface area contributed by atoms with Gasteiger partial charge in [0.15, 0.2) is 5.06 Å². The Kier molecular flexibility index (Phi) is 2.35. The lowest BCUT2D eigenvalue weighted by atomic mass is 9.87. The molecule has 0 amide bonds. The summed E-state index contributed by atoms with van der Waals surface area (Å²) in [6.45, 7) is 2.17. The molecule has 0 aromatic carbocycles. The van der Waals surface area contributed by atoms with Crippen molar-refractivity contribution in [2.75, 3.05) is 7.11 Å². The first-order valence-corrected chi connectivity index (χ1v) is 5.62. The van der Waals surface area contributed by atoms with E-state index in [0.717, 1.165) is 17.9 Å². The number of ketones is 1. The Morgan fingerprint density at radius 2 is 2.29 bits per heavy atom. The van der Waals surface area contributed by atoms with Gasteiger partial charge in [-0.25, -0.2) is 0 Å². The summed E-state index contributed by atoms with van der Waals surface area (Å²) in [5.74, 6) is 0.389. The van der Waals surface area contributed by atoms with Gasteiger partial charge < -0.3 is 4.74 Å². The molecule has 1 fully saturated rings. The summed E-state index contributed by atoms with van der Waals surface area (Å²) in [6.07, 6.45) is 2.41. The molecule has 1 aliphatic carbocycles. The summed E-state index contributed by atoms with van der Waals surface area (Å²) in [4.78, 5) is 12.6. The van der Waals surface area contributed by atoms with Crippen LogP contribution in [0, 0.1) is 0 Å². The highest BCUT2D eigenvalue weighted by Gasteiger charge is 2.36. The summed E-state index contributed by atoms with van der Waals surface area (Å²) in [5.41, 5.74) is 0.0680. The molecule has 2 nitrogen and oxygen atoms in total. The molecule has 14 heavy (non-hydrogen) atoms. The van der Waals surface area contributed by atoms with Crippen molar-refractivity contribution in [3.05, 3.63) is 17.0 Å². The van der Waals surface area contributed by atoms with E-state index in [1.54, 1.807) is 18.4 Å². The lowest BCUT2D eigenvalue weighted by molar-refractivity contribution is -0.117. The molecule has 1 atom stereocenters. The highest BCUT2D eigenvalue weighted by molar-refractivity contribution is 7.14. The van der Waals surface area contributed by atoms with Gasteiger partial charge in [0.2, 0.25) is 0 Å². The van der Waals surface area contributed by atoms with E-state index in [2.05, 4.69) is 13.0 Å². The normalized spacial score (nSPS) is 26.9. The number of rotatable bonds is 2. The molecule has 0 N–H and O–H groups in total. The fourth-order valence-corrected chi connectivity index (χ4v) is 2.98. The maximum Gasteiger partial charge on any atom is 0.173 e. The van der Waals surface area contributed by atoms with Gasteiger partial charge in [-0.3, -0.25) is 4.79 Å². The molecular formula is C11H14O2S. The van der Waals surface area contributed by atoms with E-state index in [4.69, 9.17) is 4.74 Å². The van der Waals surface area contributed by atoms with Crippen molar-refractivity contribution in [2.45, 2.75) is 31.6 Å². The summed E-state index contributed by atoms with van der Waals surface area (Å²) in [6, 6.07) is 4.07. The van der Waals surface area contributed by atoms with Crippen LogP contribution in [0.15, 0.2) is 12.1 Å². The number of carbonyl (C=O) groups excluding carboxylic acids is 1. The average Bonchev–Trinajstić information content (AvgIpc) is 2.73. The SMILES string of the molecule is COc1ccc(C2(C)CCC(=O)C2)s1. The van der Waals surface area contributed by atoms with Crippen LogP contribution >= 0.6 is 11.3 Å². The van der Waals surface area contributed by atoms with Crippen LogP contribution < -0.4 is 4.74 Å². The van der Waals surface area contributed by atoms with Crippen molar-refractivity contribution >= 4 is 17.1 Å². The van der Waals surface area contributed by atoms with Gasteiger partial charge in [0.25, 0.3) is 0 Å². The van der Waals surface area contributed by atoms with Crippen molar-refractivity contribution < 1.29 is 9.53 Å². The third-order valence-electron chi connectivity index (χ3n) is 2.92. The molecule has 0 aliphatic heterocycles. The average molecular weight is 210 g/mol. The first-order chi connectivity index (χ1) is 6.64. The summed E-state index contributed by atoms with van der Waals surface area (Å²) < 4.78 is 5.16. The van der Waals surface area contributed by atoms with E-state index in [-0.39, 0.29) is 5.41 Å². The first kappa shape index (κ1) is 9.71. The second-order valence-electron chi connectivity index (χ2n) is 4.10. The van der Waals surface area contributed by atoms with E-state index < -0.39 is 0 Å². The zero-order chi connectivity index (χ0) is 10.2. The number of thiophene rings is 1. The Balaban J connectivity index is 2.25. The van der Waals surface area contributed by atoms with Crippen LogP contribution in [0.25, 0.3) is 0 Å². The zero-order valence-corrected chi connectivity index (χ0v) is 9.32. The van der Waals surface area contributed by atoms with Crippen LogP contribution in [0.5, 0.6) is 5.06 Å². The van der Waals surface area contributed by atoms with Crippen molar-refractivity contribution in [3.8, 4) is 5.06 Å². The zero-order valence-electron chi connectivity index (χ0n) is 8.50. The monoisotopic (exact) mass is 210 g/mol. The highest BCUT2D eigenvalue weighted by Crippen LogP contribution is 2.43. The maximum absolute atomic E-state index is 11.3. The van der Waals surface area contributed by atoms with Crippen LogP contribution in [-0.4, -0.2) is 12.9 Å². The van der Waals surface area contributed by atoms with E-state index >= 15 is 0 Å². The van der Waals surface area contributed by atoms with Gasteiger partial charge in [-0.1, -0.05) is 6.92 Å². The third-order valence-corrected chi connectivity index (χ3v) is 4.27. The number of Topliss-reactive ketones (excluding diaryl/α,β-unsaturated/α-hetero) is 1. The second-order valence-corrected chi connectivity index (χ2v) is 5.15. The molecule has 1 unspecified atom stereocenters. The molecule has 0 saturated heterocycles. The van der Waals surface area contributed by atoms with Gasteiger partial charge >= 0.3 is 0 Å². The molecule has 3 heteroatoms. The molecule has 1 aliphatic rings. The van der Waals surface area contributed by atoms with Gasteiger partial charge in [-0.2, -0.15) is 0 Å². The van der Waals surface area contributed by atoms with Crippen LogP contribution in [0.4, 0.5) is 0 Å².